The quantitative estimate of drug-likeness (QED) is 0.895. The Morgan fingerprint density at radius 3 is 2.82 bits per heavy atom. The largest absolute Gasteiger partial charge is 0.480 e. The number of carboxylic acids is 1. The molecule has 1 heterocycles. The van der Waals surface area contributed by atoms with Gasteiger partial charge in [0, 0.05) is 18.0 Å². The van der Waals surface area contributed by atoms with Gasteiger partial charge in [0.15, 0.2) is 0 Å². The first-order valence-corrected chi connectivity index (χ1v) is 5.73. The fraction of sp³-hybridized carbons (Fsp3) is 0.333. The maximum absolute atomic E-state index is 11.6. The second-order valence-corrected chi connectivity index (χ2v) is 4.41. The number of rotatable bonds is 3. The van der Waals surface area contributed by atoms with Gasteiger partial charge in [-0.05, 0) is 18.1 Å². The first kappa shape index (κ1) is 11.9. The molecule has 4 nitrogen and oxygen atoms in total. The molecule has 1 atom stereocenters. The highest BCUT2D eigenvalue weighted by molar-refractivity contribution is 6.31. The van der Waals surface area contributed by atoms with Crippen LogP contribution in [0.2, 0.25) is 5.02 Å². The predicted molar refractivity (Wildman–Crippen MR) is 62.7 cm³/mol. The molecule has 0 unspecified atom stereocenters. The lowest BCUT2D eigenvalue weighted by Crippen LogP contribution is -2.37. The minimum absolute atomic E-state index is 0.127. The van der Waals surface area contributed by atoms with Crippen LogP contribution in [0.15, 0.2) is 24.3 Å². The van der Waals surface area contributed by atoms with Crippen molar-refractivity contribution in [1.82, 2.24) is 4.90 Å². The molecule has 1 aromatic carbocycles. The van der Waals surface area contributed by atoms with Gasteiger partial charge in [-0.25, -0.2) is 4.79 Å². The number of hydrogen-bond donors (Lipinski definition) is 1. The normalized spacial score (nSPS) is 19.7. The molecule has 1 fully saturated rings. The average Bonchev–Trinajstić information content (AvgIpc) is 2.64. The predicted octanol–water partition coefficient (Wildman–Crippen LogP) is 1.92. The van der Waals surface area contributed by atoms with E-state index in [1.165, 1.54) is 4.90 Å². The first-order chi connectivity index (χ1) is 8.09. The van der Waals surface area contributed by atoms with E-state index in [1.54, 1.807) is 18.2 Å². The number of benzene rings is 1. The minimum atomic E-state index is -0.956. The van der Waals surface area contributed by atoms with Crippen LogP contribution in [-0.4, -0.2) is 27.9 Å². The molecule has 17 heavy (non-hydrogen) atoms. The van der Waals surface area contributed by atoms with Gasteiger partial charge < -0.3 is 10.0 Å². The standard InChI is InChI=1S/C12H12ClNO3/c13-9-4-2-1-3-8(9)7-14-10(12(16)17)5-6-11(14)15/h1-4,10H,5-7H2,(H,16,17)/t10-/m0/s1. The van der Waals surface area contributed by atoms with E-state index in [-0.39, 0.29) is 12.5 Å². The maximum atomic E-state index is 11.6. The molecule has 1 amide bonds. The monoisotopic (exact) mass is 253 g/mol. The molecular weight excluding hydrogens is 242 g/mol. The second-order valence-electron chi connectivity index (χ2n) is 4.01. The van der Waals surface area contributed by atoms with Crippen molar-refractivity contribution in [2.24, 2.45) is 0 Å². The molecule has 0 aliphatic carbocycles. The number of halogens is 1. The van der Waals surface area contributed by atoms with E-state index in [9.17, 15) is 9.59 Å². The van der Waals surface area contributed by atoms with Crippen LogP contribution in [-0.2, 0) is 16.1 Å². The van der Waals surface area contributed by atoms with Crippen molar-refractivity contribution in [2.45, 2.75) is 25.4 Å². The van der Waals surface area contributed by atoms with E-state index < -0.39 is 12.0 Å². The van der Waals surface area contributed by atoms with Gasteiger partial charge in [-0.1, -0.05) is 29.8 Å². The Morgan fingerprint density at radius 2 is 2.18 bits per heavy atom. The summed E-state index contributed by atoms with van der Waals surface area (Å²) in [6.45, 7) is 0.259. The smallest absolute Gasteiger partial charge is 0.326 e. The molecule has 1 N–H and O–H groups in total. The molecule has 1 aliphatic rings. The molecule has 1 aromatic rings. The lowest BCUT2D eigenvalue weighted by Gasteiger charge is -2.22. The lowest BCUT2D eigenvalue weighted by molar-refractivity contribution is -0.146. The molecule has 90 valence electrons. The number of likely N-dealkylation sites (tertiary alicyclic amines) is 1. The zero-order valence-electron chi connectivity index (χ0n) is 9.10. The molecule has 2 rings (SSSR count). The fourth-order valence-electron chi connectivity index (χ4n) is 2.00. The molecule has 1 aliphatic heterocycles. The third-order valence-corrected chi connectivity index (χ3v) is 3.28. The van der Waals surface area contributed by atoms with Crippen LogP contribution in [0.1, 0.15) is 18.4 Å². The molecule has 0 spiro atoms. The van der Waals surface area contributed by atoms with Crippen LogP contribution < -0.4 is 0 Å². The summed E-state index contributed by atoms with van der Waals surface area (Å²) in [6, 6.07) is 6.42. The summed E-state index contributed by atoms with van der Waals surface area (Å²) in [5.41, 5.74) is 0.774. The summed E-state index contributed by atoms with van der Waals surface area (Å²) in [5, 5.41) is 9.57. The van der Waals surface area contributed by atoms with Crippen molar-refractivity contribution in [2.75, 3.05) is 0 Å². The summed E-state index contributed by atoms with van der Waals surface area (Å²) in [7, 11) is 0. The third-order valence-electron chi connectivity index (χ3n) is 2.91. The zero-order chi connectivity index (χ0) is 12.4. The van der Waals surface area contributed by atoms with Gasteiger partial charge in [0.2, 0.25) is 5.91 Å². The van der Waals surface area contributed by atoms with E-state index in [2.05, 4.69) is 0 Å². The SMILES string of the molecule is O=C(O)[C@@H]1CCC(=O)N1Cc1ccccc1Cl. The molecule has 0 radical (unpaired) electrons. The number of nitrogens with zero attached hydrogens (tertiary/aromatic N) is 1. The van der Waals surface area contributed by atoms with E-state index in [0.717, 1.165) is 5.56 Å². The summed E-state index contributed by atoms with van der Waals surface area (Å²) in [5.74, 6) is -1.08. The average molecular weight is 254 g/mol. The van der Waals surface area contributed by atoms with Gasteiger partial charge in [0.25, 0.3) is 0 Å². The van der Waals surface area contributed by atoms with E-state index >= 15 is 0 Å². The van der Waals surface area contributed by atoms with Crippen LogP contribution in [0.5, 0.6) is 0 Å². The Morgan fingerprint density at radius 1 is 1.47 bits per heavy atom. The topological polar surface area (TPSA) is 57.6 Å². The number of amides is 1. The minimum Gasteiger partial charge on any atom is -0.480 e. The van der Waals surface area contributed by atoms with Crippen molar-refractivity contribution >= 4 is 23.5 Å². The van der Waals surface area contributed by atoms with E-state index in [0.29, 0.717) is 17.9 Å². The Kier molecular flexibility index (Phi) is 3.33. The van der Waals surface area contributed by atoms with E-state index in [1.807, 2.05) is 6.07 Å². The Labute approximate surface area is 104 Å². The highest BCUT2D eigenvalue weighted by Gasteiger charge is 2.35. The molecule has 0 aromatic heterocycles. The first-order valence-electron chi connectivity index (χ1n) is 5.35. The summed E-state index contributed by atoms with van der Waals surface area (Å²) in [6.07, 6.45) is 0.667. The highest BCUT2D eigenvalue weighted by atomic mass is 35.5. The maximum Gasteiger partial charge on any atom is 0.326 e. The number of carbonyl (C=O) groups excluding carboxylic acids is 1. The molecule has 0 saturated carbocycles. The van der Waals surface area contributed by atoms with Crippen molar-refractivity contribution in [3.8, 4) is 0 Å². The van der Waals surface area contributed by atoms with Crippen LogP contribution >= 0.6 is 11.6 Å². The summed E-state index contributed by atoms with van der Waals surface area (Å²) >= 11 is 5.99. The molecular formula is C12H12ClNO3. The number of aliphatic carboxylic acids is 1. The van der Waals surface area contributed by atoms with Crippen molar-refractivity contribution in [3.63, 3.8) is 0 Å². The van der Waals surface area contributed by atoms with Gasteiger partial charge in [0.05, 0.1) is 0 Å². The van der Waals surface area contributed by atoms with E-state index in [4.69, 9.17) is 16.7 Å². The molecule has 1 saturated heterocycles. The van der Waals surface area contributed by atoms with Gasteiger partial charge in [-0.3, -0.25) is 4.79 Å². The van der Waals surface area contributed by atoms with Gasteiger partial charge >= 0.3 is 5.97 Å². The van der Waals surface area contributed by atoms with Gasteiger partial charge in [-0.15, -0.1) is 0 Å². The van der Waals surface area contributed by atoms with Crippen molar-refractivity contribution in [3.05, 3.63) is 34.9 Å². The zero-order valence-corrected chi connectivity index (χ0v) is 9.85. The van der Waals surface area contributed by atoms with Gasteiger partial charge in [0.1, 0.15) is 6.04 Å². The number of hydrogen-bond acceptors (Lipinski definition) is 2. The van der Waals surface area contributed by atoms with Crippen molar-refractivity contribution in [1.29, 1.82) is 0 Å². The molecule has 0 bridgehead atoms. The number of carboxylic acid groups (broad SMARTS) is 1. The Balaban J connectivity index is 2.19. The fourth-order valence-corrected chi connectivity index (χ4v) is 2.19. The van der Waals surface area contributed by atoms with Gasteiger partial charge in [-0.2, -0.15) is 0 Å². The molecule has 5 heteroatoms. The lowest BCUT2D eigenvalue weighted by atomic mass is 10.2. The van der Waals surface area contributed by atoms with Crippen LogP contribution in [0.25, 0.3) is 0 Å². The van der Waals surface area contributed by atoms with Crippen LogP contribution in [0.3, 0.4) is 0 Å². The summed E-state index contributed by atoms with van der Waals surface area (Å²) in [4.78, 5) is 24.0. The third kappa shape index (κ3) is 2.42. The van der Waals surface area contributed by atoms with Crippen molar-refractivity contribution < 1.29 is 14.7 Å². The Bertz CT molecular complexity index is 461. The van der Waals surface area contributed by atoms with Crippen LogP contribution in [0, 0.1) is 0 Å². The number of carbonyl (C=O) groups is 2. The Hall–Kier alpha value is -1.55. The summed E-state index contributed by atoms with van der Waals surface area (Å²) < 4.78 is 0. The highest BCUT2D eigenvalue weighted by Crippen LogP contribution is 2.24. The second kappa shape index (κ2) is 4.75. The van der Waals surface area contributed by atoms with Crippen LogP contribution in [0.4, 0.5) is 0 Å².